The lowest BCUT2D eigenvalue weighted by atomic mass is 9.94. The first kappa shape index (κ1) is 27.9. The van der Waals surface area contributed by atoms with Gasteiger partial charge >= 0.3 is 6.09 Å². The van der Waals surface area contributed by atoms with E-state index in [1.807, 2.05) is 36.4 Å². The van der Waals surface area contributed by atoms with Gasteiger partial charge in [-0.2, -0.15) is 0 Å². The first-order valence-electron chi connectivity index (χ1n) is 12.3. The number of carbonyl (C=O) groups excluding carboxylic acids is 2. The average Bonchev–Trinajstić information content (AvgIpc) is 2.89. The second-order valence-corrected chi connectivity index (χ2v) is 9.35. The van der Waals surface area contributed by atoms with Crippen LogP contribution in [0, 0.1) is 5.92 Å². The van der Waals surface area contributed by atoms with E-state index >= 15 is 0 Å². The molecule has 0 aliphatic carbocycles. The Hall–Kier alpha value is -2.65. The van der Waals surface area contributed by atoms with Crippen molar-refractivity contribution in [3.63, 3.8) is 0 Å². The van der Waals surface area contributed by atoms with Crippen LogP contribution in [0.5, 0.6) is 0 Å². The number of carbonyl (C=O) groups is 2. The molecule has 196 valence electrons. The summed E-state index contributed by atoms with van der Waals surface area (Å²) in [6.45, 7) is 4.14. The van der Waals surface area contributed by atoms with Crippen LogP contribution in [-0.2, 0) is 14.2 Å². The fourth-order valence-electron chi connectivity index (χ4n) is 4.53. The number of halogens is 1. The number of hydrazine groups is 1. The van der Waals surface area contributed by atoms with Crippen LogP contribution in [0.4, 0.5) is 4.79 Å². The molecule has 0 spiro atoms. The SMILES string of the molecule is CNN(C(=O)c1cccc([C@@H](OCCNC(=O)OC)c2cccc(Cl)c2)c1)[C@@H](C)C[C@H]1CCCOC1. The molecule has 2 N–H and O–H groups in total. The minimum Gasteiger partial charge on any atom is -0.453 e. The van der Waals surface area contributed by atoms with Crippen LogP contribution >= 0.6 is 11.6 Å². The highest BCUT2D eigenvalue weighted by Gasteiger charge is 2.26. The maximum Gasteiger partial charge on any atom is 0.406 e. The number of hydrogen-bond acceptors (Lipinski definition) is 6. The predicted molar refractivity (Wildman–Crippen MR) is 139 cm³/mol. The van der Waals surface area contributed by atoms with Gasteiger partial charge in [0.25, 0.3) is 5.91 Å². The first-order valence-corrected chi connectivity index (χ1v) is 12.7. The standard InChI is InChI=1S/C27H36ClN3O5/c1-19(15-20-7-6-13-35-18-20)31(29-2)26(32)23-10-4-8-21(16-23)25(22-9-5-11-24(28)17-22)36-14-12-30-27(33)34-3/h4-5,8-11,16-17,19-20,25,29H,6-7,12-15,18H2,1-3H3,(H,30,33)/t19-,20+,25+/m0/s1. The minimum atomic E-state index is -0.522. The molecular formula is C27H36ClN3O5. The van der Waals surface area contributed by atoms with Crippen LogP contribution in [0.3, 0.4) is 0 Å². The molecular weight excluding hydrogens is 482 g/mol. The van der Waals surface area contributed by atoms with E-state index < -0.39 is 12.2 Å². The van der Waals surface area contributed by atoms with Gasteiger partial charge in [0.05, 0.1) is 13.7 Å². The molecule has 8 nitrogen and oxygen atoms in total. The number of amides is 2. The zero-order valence-corrected chi connectivity index (χ0v) is 21.9. The van der Waals surface area contributed by atoms with Crippen LogP contribution in [0.2, 0.25) is 5.02 Å². The second kappa shape index (κ2) is 14.2. The molecule has 0 unspecified atom stereocenters. The van der Waals surface area contributed by atoms with Crippen molar-refractivity contribution >= 4 is 23.6 Å². The smallest absolute Gasteiger partial charge is 0.406 e. The number of ether oxygens (including phenoxy) is 3. The molecule has 0 bridgehead atoms. The lowest BCUT2D eigenvalue weighted by molar-refractivity contribution is 0.0297. The van der Waals surface area contributed by atoms with Crippen LogP contribution in [0.25, 0.3) is 0 Å². The molecule has 1 fully saturated rings. The number of alkyl carbamates (subject to hydrolysis) is 1. The van der Waals surface area contributed by atoms with Crippen molar-refractivity contribution in [3.8, 4) is 0 Å². The predicted octanol–water partition coefficient (Wildman–Crippen LogP) is 4.58. The molecule has 0 saturated carbocycles. The number of benzene rings is 2. The van der Waals surface area contributed by atoms with E-state index in [0.717, 1.165) is 43.6 Å². The molecule has 3 rings (SSSR count). The van der Waals surface area contributed by atoms with Gasteiger partial charge in [-0.1, -0.05) is 35.9 Å². The summed E-state index contributed by atoms with van der Waals surface area (Å²) in [5.41, 5.74) is 5.29. The Balaban J connectivity index is 1.78. The van der Waals surface area contributed by atoms with Gasteiger partial charge in [0, 0.05) is 43.4 Å². The molecule has 2 aromatic rings. The van der Waals surface area contributed by atoms with Gasteiger partial charge in [-0.15, -0.1) is 0 Å². The lowest BCUT2D eigenvalue weighted by Gasteiger charge is -2.32. The third-order valence-electron chi connectivity index (χ3n) is 6.26. The quantitative estimate of drug-likeness (QED) is 0.335. The van der Waals surface area contributed by atoms with Crippen molar-refractivity contribution in [1.82, 2.24) is 15.8 Å². The van der Waals surface area contributed by atoms with Crippen LogP contribution < -0.4 is 10.7 Å². The Labute approximate surface area is 218 Å². The van der Waals surface area contributed by atoms with Gasteiger partial charge in [0.1, 0.15) is 6.10 Å². The van der Waals surface area contributed by atoms with Gasteiger partial charge in [-0.25, -0.2) is 10.2 Å². The molecule has 36 heavy (non-hydrogen) atoms. The Kier molecular flexibility index (Phi) is 11.0. The number of methoxy groups -OCH3 is 1. The Morgan fingerprint density at radius 2 is 1.94 bits per heavy atom. The third kappa shape index (κ3) is 7.93. The molecule has 2 amide bonds. The van der Waals surface area contributed by atoms with Gasteiger partial charge in [0.15, 0.2) is 0 Å². The van der Waals surface area contributed by atoms with Crippen molar-refractivity contribution in [2.45, 2.75) is 38.3 Å². The Morgan fingerprint density at radius 3 is 2.61 bits per heavy atom. The summed E-state index contributed by atoms with van der Waals surface area (Å²) in [5.74, 6) is 0.337. The van der Waals surface area contributed by atoms with Crippen molar-refractivity contribution in [2.75, 3.05) is 40.5 Å². The molecule has 9 heteroatoms. The van der Waals surface area contributed by atoms with Gasteiger partial charge in [0.2, 0.25) is 0 Å². The lowest BCUT2D eigenvalue weighted by Crippen LogP contribution is -2.47. The summed E-state index contributed by atoms with van der Waals surface area (Å²) in [5, 5.41) is 4.88. The number of nitrogens with one attached hydrogen (secondary N) is 2. The molecule has 3 atom stereocenters. The molecule has 1 saturated heterocycles. The minimum absolute atomic E-state index is 0.00206. The fourth-order valence-corrected chi connectivity index (χ4v) is 4.73. The first-order chi connectivity index (χ1) is 17.4. The Bertz CT molecular complexity index is 999. The van der Waals surface area contributed by atoms with E-state index in [2.05, 4.69) is 22.4 Å². The zero-order chi connectivity index (χ0) is 25.9. The highest BCUT2D eigenvalue weighted by molar-refractivity contribution is 6.30. The molecule has 0 radical (unpaired) electrons. The maximum absolute atomic E-state index is 13.5. The zero-order valence-electron chi connectivity index (χ0n) is 21.2. The number of nitrogens with zero attached hydrogens (tertiary/aromatic N) is 1. The van der Waals surface area contributed by atoms with Crippen molar-refractivity contribution < 1.29 is 23.8 Å². The molecule has 2 aromatic carbocycles. The van der Waals surface area contributed by atoms with Crippen molar-refractivity contribution in [3.05, 3.63) is 70.2 Å². The van der Waals surface area contributed by atoms with E-state index in [1.54, 1.807) is 24.2 Å². The maximum atomic E-state index is 13.5. The topological polar surface area (TPSA) is 89.1 Å². The number of hydrogen-bond donors (Lipinski definition) is 2. The molecule has 1 aliphatic heterocycles. The molecule has 1 heterocycles. The van der Waals surface area contributed by atoms with Gasteiger partial charge in [-0.3, -0.25) is 9.80 Å². The summed E-state index contributed by atoms with van der Waals surface area (Å²) in [4.78, 5) is 24.9. The van der Waals surface area contributed by atoms with Crippen LogP contribution in [-0.4, -0.2) is 63.6 Å². The van der Waals surface area contributed by atoms with E-state index in [0.29, 0.717) is 16.5 Å². The molecule has 1 aliphatic rings. The monoisotopic (exact) mass is 517 g/mol. The van der Waals surface area contributed by atoms with Crippen molar-refractivity contribution in [2.24, 2.45) is 5.92 Å². The summed E-state index contributed by atoms with van der Waals surface area (Å²) in [6.07, 6.45) is 2.05. The summed E-state index contributed by atoms with van der Waals surface area (Å²) in [6, 6.07) is 14.8. The summed E-state index contributed by atoms with van der Waals surface area (Å²) >= 11 is 6.25. The Morgan fingerprint density at radius 1 is 1.19 bits per heavy atom. The summed E-state index contributed by atoms with van der Waals surface area (Å²) in [7, 11) is 3.08. The van der Waals surface area contributed by atoms with Crippen LogP contribution in [0.15, 0.2) is 48.5 Å². The average molecular weight is 518 g/mol. The van der Waals surface area contributed by atoms with E-state index in [-0.39, 0.29) is 25.1 Å². The van der Waals surface area contributed by atoms with Crippen molar-refractivity contribution in [1.29, 1.82) is 0 Å². The second-order valence-electron chi connectivity index (χ2n) is 8.92. The largest absolute Gasteiger partial charge is 0.453 e. The highest BCUT2D eigenvalue weighted by atomic mass is 35.5. The molecule has 0 aromatic heterocycles. The van der Waals surface area contributed by atoms with E-state index in [9.17, 15) is 9.59 Å². The van der Waals surface area contributed by atoms with E-state index in [4.69, 9.17) is 21.1 Å². The highest BCUT2D eigenvalue weighted by Crippen LogP contribution is 2.29. The number of rotatable bonds is 11. The third-order valence-corrected chi connectivity index (χ3v) is 6.49. The van der Waals surface area contributed by atoms with E-state index in [1.165, 1.54) is 7.11 Å². The van der Waals surface area contributed by atoms with Gasteiger partial charge in [-0.05, 0) is 67.5 Å². The van der Waals surface area contributed by atoms with Crippen LogP contribution in [0.1, 0.15) is 53.8 Å². The fraction of sp³-hybridized carbons (Fsp3) is 0.481. The normalized spacial score (nSPS) is 17.2. The summed E-state index contributed by atoms with van der Waals surface area (Å²) < 4.78 is 16.4. The van der Waals surface area contributed by atoms with Gasteiger partial charge < -0.3 is 19.5 Å².